The third kappa shape index (κ3) is 2.47. The molecule has 0 fully saturated rings. The normalized spacial score (nSPS) is 10.7. The Morgan fingerprint density at radius 2 is 1.70 bits per heavy atom. The second-order valence-corrected chi connectivity index (χ2v) is 5.62. The Balaban J connectivity index is 2.13. The summed E-state index contributed by atoms with van der Waals surface area (Å²) in [6.07, 6.45) is 0. The highest BCUT2D eigenvalue weighted by molar-refractivity contribution is 7.15. The average molecular weight is 304 g/mol. The van der Waals surface area contributed by atoms with Crippen LogP contribution in [0.4, 0.5) is 4.39 Å². The SMILES string of the molecule is Fc1ccccc1-c1nc(-c2ccccc2)c(CCl)s1. The first kappa shape index (κ1) is 13.3. The van der Waals surface area contributed by atoms with Gasteiger partial charge in [0.15, 0.2) is 0 Å². The third-order valence-electron chi connectivity index (χ3n) is 2.97. The van der Waals surface area contributed by atoms with E-state index in [9.17, 15) is 4.39 Å². The maximum Gasteiger partial charge on any atom is 0.133 e. The molecular weight excluding hydrogens is 293 g/mol. The highest BCUT2D eigenvalue weighted by Gasteiger charge is 2.15. The Bertz CT molecular complexity index is 724. The third-order valence-corrected chi connectivity index (χ3v) is 4.48. The van der Waals surface area contributed by atoms with Crippen LogP contribution >= 0.6 is 22.9 Å². The van der Waals surface area contributed by atoms with Crippen LogP contribution in [0.15, 0.2) is 54.6 Å². The summed E-state index contributed by atoms with van der Waals surface area (Å²) >= 11 is 7.44. The molecule has 0 spiro atoms. The number of aromatic nitrogens is 1. The highest BCUT2D eigenvalue weighted by Crippen LogP contribution is 2.35. The number of hydrogen-bond donors (Lipinski definition) is 0. The monoisotopic (exact) mass is 303 g/mol. The van der Waals surface area contributed by atoms with E-state index in [1.807, 2.05) is 36.4 Å². The van der Waals surface area contributed by atoms with Gasteiger partial charge in [0.25, 0.3) is 0 Å². The molecule has 0 radical (unpaired) electrons. The first-order chi connectivity index (χ1) is 9.79. The summed E-state index contributed by atoms with van der Waals surface area (Å²) in [7, 11) is 0. The fraction of sp³-hybridized carbons (Fsp3) is 0.0625. The van der Waals surface area contributed by atoms with Crippen LogP contribution in [0, 0.1) is 5.82 Å². The molecule has 2 aromatic carbocycles. The lowest BCUT2D eigenvalue weighted by atomic mass is 10.1. The van der Waals surface area contributed by atoms with E-state index in [0.29, 0.717) is 16.5 Å². The molecule has 0 saturated carbocycles. The second-order valence-electron chi connectivity index (χ2n) is 4.27. The molecule has 0 unspecified atom stereocenters. The van der Waals surface area contributed by atoms with Crippen LogP contribution in [0.2, 0.25) is 0 Å². The minimum absolute atomic E-state index is 0.262. The van der Waals surface area contributed by atoms with Crippen molar-refractivity contribution in [2.45, 2.75) is 5.88 Å². The molecule has 0 bridgehead atoms. The van der Waals surface area contributed by atoms with Crippen molar-refractivity contribution in [2.75, 3.05) is 0 Å². The van der Waals surface area contributed by atoms with E-state index in [1.54, 1.807) is 12.1 Å². The van der Waals surface area contributed by atoms with E-state index in [4.69, 9.17) is 11.6 Å². The standard InChI is InChI=1S/C16H11ClFNS/c17-10-14-15(11-6-2-1-3-7-11)19-16(20-14)12-8-4-5-9-13(12)18/h1-9H,10H2. The largest absolute Gasteiger partial charge is 0.236 e. The van der Waals surface area contributed by atoms with Gasteiger partial charge in [0.1, 0.15) is 10.8 Å². The fourth-order valence-corrected chi connectivity index (χ4v) is 3.26. The van der Waals surface area contributed by atoms with Gasteiger partial charge in [-0.3, -0.25) is 0 Å². The highest BCUT2D eigenvalue weighted by atomic mass is 35.5. The lowest BCUT2D eigenvalue weighted by molar-refractivity contribution is 0.631. The number of halogens is 2. The number of hydrogen-bond acceptors (Lipinski definition) is 2. The molecule has 0 saturated heterocycles. The van der Waals surface area contributed by atoms with Crippen molar-refractivity contribution in [3.63, 3.8) is 0 Å². The van der Waals surface area contributed by atoms with Crippen molar-refractivity contribution < 1.29 is 4.39 Å². The molecule has 0 aliphatic carbocycles. The molecule has 1 heterocycles. The number of benzene rings is 2. The van der Waals surface area contributed by atoms with Crippen LogP contribution in [0.5, 0.6) is 0 Å². The predicted molar refractivity (Wildman–Crippen MR) is 82.5 cm³/mol. The number of thiazole rings is 1. The molecule has 3 aromatic rings. The number of rotatable bonds is 3. The number of nitrogens with zero attached hydrogens (tertiary/aromatic N) is 1. The van der Waals surface area contributed by atoms with Gasteiger partial charge in [-0.05, 0) is 12.1 Å². The van der Waals surface area contributed by atoms with Gasteiger partial charge in [-0.1, -0.05) is 42.5 Å². The lowest BCUT2D eigenvalue weighted by Crippen LogP contribution is -1.84. The van der Waals surface area contributed by atoms with Crippen molar-refractivity contribution in [1.29, 1.82) is 0 Å². The Kier molecular flexibility index (Phi) is 3.81. The van der Waals surface area contributed by atoms with Crippen molar-refractivity contribution in [1.82, 2.24) is 4.98 Å². The van der Waals surface area contributed by atoms with Gasteiger partial charge in [-0.25, -0.2) is 9.37 Å². The molecule has 0 aliphatic heterocycles. The van der Waals surface area contributed by atoms with Gasteiger partial charge < -0.3 is 0 Å². The minimum Gasteiger partial charge on any atom is -0.236 e. The van der Waals surface area contributed by atoms with E-state index in [-0.39, 0.29) is 5.82 Å². The van der Waals surface area contributed by atoms with Crippen LogP contribution in [-0.4, -0.2) is 4.98 Å². The zero-order valence-electron chi connectivity index (χ0n) is 10.5. The van der Waals surface area contributed by atoms with Crippen molar-refractivity contribution in [2.24, 2.45) is 0 Å². The molecule has 0 amide bonds. The molecule has 4 heteroatoms. The van der Waals surface area contributed by atoms with E-state index < -0.39 is 0 Å². The van der Waals surface area contributed by atoms with Crippen molar-refractivity contribution in [3.05, 3.63) is 65.3 Å². The van der Waals surface area contributed by atoms with E-state index >= 15 is 0 Å². The summed E-state index contributed by atoms with van der Waals surface area (Å²) in [5, 5.41) is 0.664. The Morgan fingerprint density at radius 3 is 2.40 bits per heavy atom. The summed E-state index contributed by atoms with van der Waals surface area (Å²) in [6, 6.07) is 16.5. The molecule has 1 aromatic heterocycles. The van der Waals surface area contributed by atoms with Crippen LogP contribution < -0.4 is 0 Å². The summed E-state index contributed by atoms with van der Waals surface area (Å²) in [4.78, 5) is 5.53. The quantitative estimate of drug-likeness (QED) is 0.594. The maximum atomic E-state index is 13.9. The molecule has 0 atom stereocenters. The predicted octanol–water partition coefficient (Wildman–Crippen LogP) is 5.36. The molecule has 1 nitrogen and oxygen atoms in total. The fourth-order valence-electron chi connectivity index (χ4n) is 2.01. The van der Waals surface area contributed by atoms with E-state index in [0.717, 1.165) is 16.1 Å². The molecule has 0 N–H and O–H groups in total. The Morgan fingerprint density at radius 1 is 1.00 bits per heavy atom. The van der Waals surface area contributed by atoms with Crippen molar-refractivity contribution in [3.8, 4) is 21.8 Å². The lowest BCUT2D eigenvalue weighted by Gasteiger charge is -1.98. The van der Waals surface area contributed by atoms with Crippen LogP contribution in [0.1, 0.15) is 4.88 Å². The van der Waals surface area contributed by atoms with Crippen LogP contribution in [-0.2, 0) is 5.88 Å². The molecular formula is C16H11ClFNS. The van der Waals surface area contributed by atoms with Gasteiger partial charge >= 0.3 is 0 Å². The summed E-state index contributed by atoms with van der Waals surface area (Å²) in [6.45, 7) is 0. The second kappa shape index (κ2) is 5.73. The Hall–Kier alpha value is -1.71. The summed E-state index contributed by atoms with van der Waals surface area (Å²) < 4.78 is 13.9. The first-order valence-electron chi connectivity index (χ1n) is 6.15. The number of alkyl halides is 1. The van der Waals surface area contributed by atoms with Gasteiger partial charge in [-0.15, -0.1) is 22.9 Å². The van der Waals surface area contributed by atoms with E-state index in [1.165, 1.54) is 17.4 Å². The molecule has 0 aliphatic rings. The summed E-state index contributed by atoms with van der Waals surface area (Å²) in [5.74, 6) is 0.109. The maximum absolute atomic E-state index is 13.9. The van der Waals surface area contributed by atoms with Gasteiger partial charge in [-0.2, -0.15) is 0 Å². The van der Waals surface area contributed by atoms with Crippen LogP contribution in [0.3, 0.4) is 0 Å². The van der Waals surface area contributed by atoms with Gasteiger partial charge in [0.05, 0.1) is 11.6 Å². The van der Waals surface area contributed by atoms with Crippen molar-refractivity contribution >= 4 is 22.9 Å². The zero-order valence-corrected chi connectivity index (χ0v) is 12.1. The topological polar surface area (TPSA) is 12.9 Å². The summed E-state index contributed by atoms with van der Waals surface area (Å²) in [5.41, 5.74) is 2.36. The zero-order chi connectivity index (χ0) is 13.9. The molecule has 20 heavy (non-hydrogen) atoms. The van der Waals surface area contributed by atoms with Crippen LogP contribution in [0.25, 0.3) is 21.8 Å². The van der Waals surface area contributed by atoms with Gasteiger partial charge in [0.2, 0.25) is 0 Å². The average Bonchev–Trinajstić information content (AvgIpc) is 2.92. The molecule has 100 valence electrons. The van der Waals surface area contributed by atoms with E-state index in [2.05, 4.69) is 4.98 Å². The minimum atomic E-state index is -0.262. The smallest absolute Gasteiger partial charge is 0.133 e. The Labute approximate surface area is 125 Å². The first-order valence-corrected chi connectivity index (χ1v) is 7.50. The molecule has 3 rings (SSSR count). The van der Waals surface area contributed by atoms with Gasteiger partial charge in [0, 0.05) is 16.0 Å².